The van der Waals surface area contributed by atoms with E-state index in [1.54, 1.807) is 0 Å². The van der Waals surface area contributed by atoms with Gasteiger partial charge < -0.3 is 17.2 Å². The average Bonchev–Trinajstić information content (AvgIpc) is 2.32. The third-order valence-electron chi connectivity index (χ3n) is 3.10. The predicted octanol–water partition coefficient (Wildman–Crippen LogP) is -1.21. The van der Waals surface area contributed by atoms with E-state index in [0.29, 0.717) is 6.42 Å². The molecular weight excluding hydrogens is 189 g/mol. The first-order valence-corrected chi connectivity index (χ1v) is 4.34. The van der Waals surface area contributed by atoms with E-state index in [1.165, 1.54) is 6.92 Å². The number of primary amides is 2. The van der Waals surface area contributed by atoms with E-state index < -0.39 is 28.9 Å². The Labute approximate surface area is 80.8 Å². The molecule has 0 aromatic heterocycles. The van der Waals surface area contributed by atoms with Crippen molar-refractivity contribution in [1.82, 2.24) is 0 Å². The van der Waals surface area contributed by atoms with Crippen molar-refractivity contribution in [3.63, 3.8) is 0 Å². The molecule has 80 valence electrons. The molecule has 1 saturated carbocycles. The number of halogens is 1. The fourth-order valence-electron chi connectivity index (χ4n) is 2.03. The molecule has 6 heteroatoms. The first-order chi connectivity index (χ1) is 6.26. The number of carbonyl (C=O) groups excluding carboxylic acids is 2. The molecule has 1 aliphatic rings. The molecule has 0 heterocycles. The normalized spacial score (nSPS) is 42.4. The zero-order valence-electron chi connectivity index (χ0n) is 7.92. The van der Waals surface area contributed by atoms with Gasteiger partial charge in [-0.15, -0.1) is 0 Å². The molecule has 5 nitrogen and oxygen atoms in total. The van der Waals surface area contributed by atoms with Gasteiger partial charge in [-0.3, -0.25) is 9.59 Å². The minimum atomic E-state index is -2.53. The van der Waals surface area contributed by atoms with Gasteiger partial charge in [0.15, 0.2) is 0 Å². The quantitative estimate of drug-likeness (QED) is 0.523. The molecule has 1 aliphatic carbocycles. The van der Waals surface area contributed by atoms with Gasteiger partial charge in [0.05, 0.1) is 0 Å². The minimum absolute atomic E-state index is 0.0446. The molecule has 14 heavy (non-hydrogen) atoms. The fourth-order valence-corrected chi connectivity index (χ4v) is 2.03. The Morgan fingerprint density at radius 1 is 1.36 bits per heavy atom. The summed E-state index contributed by atoms with van der Waals surface area (Å²) in [4.78, 5) is 22.1. The van der Waals surface area contributed by atoms with Crippen LogP contribution in [0.25, 0.3) is 0 Å². The maximum absolute atomic E-state index is 14.2. The van der Waals surface area contributed by atoms with Crippen LogP contribution in [0, 0.1) is 5.92 Å². The largest absolute Gasteiger partial charge is 0.368 e. The van der Waals surface area contributed by atoms with Gasteiger partial charge >= 0.3 is 0 Å². The molecule has 0 saturated heterocycles. The van der Waals surface area contributed by atoms with Crippen molar-refractivity contribution in [3.8, 4) is 0 Å². The van der Waals surface area contributed by atoms with Gasteiger partial charge in [0.25, 0.3) is 5.91 Å². The van der Waals surface area contributed by atoms with E-state index in [9.17, 15) is 14.0 Å². The van der Waals surface area contributed by atoms with Crippen molar-refractivity contribution in [2.45, 2.75) is 31.0 Å². The Balaban J connectivity index is 3.22. The molecule has 1 fully saturated rings. The smallest absolute Gasteiger partial charge is 0.257 e. The first-order valence-electron chi connectivity index (χ1n) is 4.34. The SMILES string of the molecule is CC1CC[C@@](N)(C(N)=O)[C@@]1(F)C(N)=O. The Kier molecular flexibility index (Phi) is 2.27. The highest BCUT2D eigenvalue weighted by Crippen LogP contribution is 2.44. The van der Waals surface area contributed by atoms with Gasteiger partial charge in [0, 0.05) is 5.92 Å². The molecule has 2 amide bonds. The first kappa shape index (κ1) is 10.9. The summed E-state index contributed by atoms with van der Waals surface area (Å²) in [6.07, 6.45) is 0.363. The van der Waals surface area contributed by atoms with Crippen LogP contribution in [0.5, 0.6) is 0 Å². The number of nitrogens with two attached hydrogens (primary N) is 3. The summed E-state index contributed by atoms with van der Waals surface area (Å²) in [6, 6.07) is 0. The molecule has 1 unspecified atom stereocenters. The number of alkyl halides is 1. The van der Waals surface area contributed by atoms with E-state index in [4.69, 9.17) is 17.2 Å². The van der Waals surface area contributed by atoms with Crippen molar-refractivity contribution in [3.05, 3.63) is 0 Å². The van der Waals surface area contributed by atoms with Crippen LogP contribution < -0.4 is 17.2 Å². The number of carbonyl (C=O) groups is 2. The molecule has 0 aliphatic heterocycles. The van der Waals surface area contributed by atoms with E-state index in [1.807, 2.05) is 0 Å². The van der Waals surface area contributed by atoms with Crippen LogP contribution in [0.3, 0.4) is 0 Å². The standard InChI is InChI=1S/C8H14FN3O2/c1-4-2-3-7(12,5(10)13)8(4,9)6(11)14/h4H,2-3,12H2,1H3,(H2,10,13)(H2,11,14)/t4?,7-,8+/m1/s1. The number of hydrogen-bond donors (Lipinski definition) is 3. The molecule has 0 aromatic rings. The van der Waals surface area contributed by atoms with E-state index in [0.717, 1.165) is 0 Å². The van der Waals surface area contributed by atoms with Crippen molar-refractivity contribution in [1.29, 1.82) is 0 Å². The second-order valence-electron chi connectivity index (χ2n) is 3.85. The lowest BCUT2D eigenvalue weighted by atomic mass is 9.80. The van der Waals surface area contributed by atoms with Crippen LogP contribution in [0.1, 0.15) is 19.8 Å². The Bertz CT molecular complexity index is 296. The molecule has 0 bridgehead atoms. The molecule has 0 radical (unpaired) electrons. The van der Waals surface area contributed by atoms with E-state index in [-0.39, 0.29) is 6.42 Å². The van der Waals surface area contributed by atoms with Crippen LogP contribution in [0.2, 0.25) is 0 Å². The Morgan fingerprint density at radius 3 is 2.14 bits per heavy atom. The summed E-state index contributed by atoms with van der Waals surface area (Å²) >= 11 is 0. The van der Waals surface area contributed by atoms with Gasteiger partial charge in [0.1, 0.15) is 5.54 Å². The highest BCUT2D eigenvalue weighted by atomic mass is 19.1. The summed E-state index contributed by atoms with van der Waals surface area (Å²) < 4.78 is 14.2. The van der Waals surface area contributed by atoms with E-state index in [2.05, 4.69) is 0 Å². The second kappa shape index (κ2) is 2.91. The molecule has 3 atom stereocenters. The van der Waals surface area contributed by atoms with Crippen molar-refractivity contribution in [2.75, 3.05) is 0 Å². The van der Waals surface area contributed by atoms with Gasteiger partial charge in [-0.25, -0.2) is 4.39 Å². The van der Waals surface area contributed by atoms with Crippen molar-refractivity contribution in [2.24, 2.45) is 23.1 Å². The summed E-state index contributed by atoms with van der Waals surface area (Å²) in [7, 11) is 0. The second-order valence-corrected chi connectivity index (χ2v) is 3.85. The maximum Gasteiger partial charge on any atom is 0.257 e. The van der Waals surface area contributed by atoms with Crippen LogP contribution in [0.15, 0.2) is 0 Å². The highest BCUT2D eigenvalue weighted by Gasteiger charge is 2.65. The lowest BCUT2D eigenvalue weighted by molar-refractivity contribution is -0.143. The third-order valence-corrected chi connectivity index (χ3v) is 3.10. The van der Waals surface area contributed by atoms with Crippen LogP contribution in [-0.4, -0.2) is 23.0 Å². The highest BCUT2D eigenvalue weighted by molar-refractivity contribution is 5.97. The number of amides is 2. The Morgan fingerprint density at radius 2 is 1.86 bits per heavy atom. The van der Waals surface area contributed by atoms with Gasteiger partial charge in [-0.2, -0.15) is 0 Å². The maximum atomic E-state index is 14.2. The van der Waals surface area contributed by atoms with Crippen molar-refractivity contribution >= 4 is 11.8 Å². The zero-order valence-corrected chi connectivity index (χ0v) is 7.92. The number of hydrogen-bond acceptors (Lipinski definition) is 3. The lowest BCUT2D eigenvalue weighted by Gasteiger charge is -2.33. The van der Waals surface area contributed by atoms with Crippen LogP contribution in [-0.2, 0) is 9.59 Å². The minimum Gasteiger partial charge on any atom is -0.368 e. The van der Waals surface area contributed by atoms with Crippen LogP contribution >= 0.6 is 0 Å². The molecule has 6 N–H and O–H groups in total. The summed E-state index contributed by atoms with van der Waals surface area (Å²) in [5.74, 6) is -2.93. The molecule has 0 spiro atoms. The average molecular weight is 203 g/mol. The molecule has 0 aromatic carbocycles. The fraction of sp³-hybridized carbons (Fsp3) is 0.750. The Hall–Kier alpha value is -1.17. The summed E-state index contributed by atoms with van der Waals surface area (Å²) in [5.41, 5.74) is 11.0. The zero-order chi connectivity index (χ0) is 11.1. The van der Waals surface area contributed by atoms with Crippen molar-refractivity contribution < 1.29 is 14.0 Å². The predicted molar refractivity (Wildman–Crippen MR) is 47.5 cm³/mol. The van der Waals surface area contributed by atoms with Gasteiger partial charge in [0.2, 0.25) is 11.6 Å². The van der Waals surface area contributed by atoms with Gasteiger partial charge in [-0.05, 0) is 12.8 Å². The molecule has 1 rings (SSSR count). The monoisotopic (exact) mass is 203 g/mol. The number of rotatable bonds is 2. The van der Waals surface area contributed by atoms with E-state index >= 15 is 0 Å². The third kappa shape index (κ3) is 1.03. The van der Waals surface area contributed by atoms with Gasteiger partial charge in [-0.1, -0.05) is 6.92 Å². The van der Waals surface area contributed by atoms with Crippen LogP contribution in [0.4, 0.5) is 4.39 Å². The topological polar surface area (TPSA) is 112 Å². The summed E-state index contributed by atoms with van der Waals surface area (Å²) in [6.45, 7) is 1.49. The summed E-state index contributed by atoms with van der Waals surface area (Å²) in [5, 5.41) is 0. The molecular formula is C8H14FN3O2. The lowest BCUT2D eigenvalue weighted by Crippen LogP contribution is -2.68.